The maximum Gasteiger partial charge on any atom is 0.223 e. The first-order valence-electron chi connectivity index (χ1n) is 5.75. The molecule has 86 valence electrons. The van der Waals surface area contributed by atoms with E-state index >= 15 is 0 Å². The predicted molar refractivity (Wildman–Crippen MR) is 61.9 cm³/mol. The number of nitrogens with one attached hydrogen (secondary N) is 1. The van der Waals surface area contributed by atoms with Gasteiger partial charge in [0.25, 0.3) is 0 Å². The zero-order valence-corrected chi connectivity index (χ0v) is 9.23. The van der Waals surface area contributed by atoms with E-state index < -0.39 is 6.10 Å². The van der Waals surface area contributed by atoms with Crippen molar-refractivity contribution in [1.29, 1.82) is 0 Å². The summed E-state index contributed by atoms with van der Waals surface area (Å²) in [7, 11) is 0. The lowest BCUT2D eigenvalue weighted by molar-refractivity contribution is -0.122. The van der Waals surface area contributed by atoms with Gasteiger partial charge in [0.1, 0.15) is 0 Å². The molecule has 0 aromatic heterocycles. The minimum Gasteiger partial charge on any atom is -0.391 e. The van der Waals surface area contributed by atoms with Crippen molar-refractivity contribution in [3.8, 4) is 0 Å². The summed E-state index contributed by atoms with van der Waals surface area (Å²) in [6, 6.07) is 9.80. The minimum absolute atomic E-state index is 0.0899. The molecule has 1 saturated carbocycles. The number of carbonyl (C=O) groups excluding carboxylic acids is 1. The van der Waals surface area contributed by atoms with Gasteiger partial charge in [0.15, 0.2) is 0 Å². The molecule has 0 spiro atoms. The normalized spacial score (nSPS) is 16.8. The van der Waals surface area contributed by atoms with Crippen LogP contribution in [0.4, 0.5) is 0 Å². The van der Waals surface area contributed by atoms with Crippen molar-refractivity contribution in [2.45, 2.75) is 25.4 Å². The van der Waals surface area contributed by atoms with Crippen molar-refractivity contribution in [3.63, 3.8) is 0 Å². The molecule has 0 aliphatic heterocycles. The lowest BCUT2D eigenvalue weighted by Gasteiger charge is -2.11. The average Bonchev–Trinajstić information content (AvgIpc) is 3.11. The van der Waals surface area contributed by atoms with Crippen LogP contribution in [0.25, 0.3) is 0 Å². The summed E-state index contributed by atoms with van der Waals surface area (Å²) in [5.41, 5.74) is 1.09. The summed E-state index contributed by atoms with van der Waals surface area (Å²) in [4.78, 5) is 11.3. The molecule has 0 bridgehead atoms. The summed E-state index contributed by atoms with van der Waals surface area (Å²) in [5, 5.41) is 12.5. The second kappa shape index (κ2) is 5.12. The fourth-order valence-corrected chi connectivity index (χ4v) is 1.67. The molecule has 1 aliphatic carbocycles. The van der Waals surface area contributed by atoms with Gasteiger partial charge in [-0.25, -0.2) is 0 Å². The van der Waals surface area contributed by atoms with E-state index in [0.717, 1.165) is 18.4 Å². The SMILES string of the molecule is O=C(NCC(O)Cc1ccccc1)C1CC1. The Morgan fingerprint density at radius 2 is 2.06 bits per heavy atom. The summed E-state index contributed by atoms with van der Waals surface area (Å²) in [6.07, 6.45) is 2.10. The van der Waals surface area contributed by atoms with E-state index in [-0.39, 0.29) is 11.8 Å². The zero-order chi connectivity index (χ0) is 11.4. The molecule has 3 heteroatoms. The molecule has 2 N–H and O–H groups in total. The Morgan fingerprint density at radius 1 is 1.38 bits per heavy atom. The van der Waals surface area contributed by atoms with Crippen molar-refractivity contribution in [2.75, 3.05) is 6.54 Å². The van der Waals surface area contributed by atoms with Crippen molar-refractivity contribution in [3.05, 3.63) is 35.9 Å². The quantitative estimate of drug-likeness (QED) is 0.779. The van der Waals surface area contributed by atoms with Gasteiger partial charge in [0.2, 0.25) is 5.91 Å². The Hall–Kier alpha value is -1.35. The van der Waals surface area contributed by atoms with E-state index in [1.165, 1.54) is 0 Å². The molecule has 0 radical (unpaired) electrons. The molecule has 1 aromatic carbocycles. The zero-order valence-electron chi connectivity index (χ0n) is 9.23. The van der Waals surface area contributed by atoms with Crippen molar-refractivity contribution < 1.29 is 9.90 Å². The van der Waals surface area contributed by atoms with Crippen LogP contribution >= 0.6 is 0 Å². The first-order chi connectivity index (χ1) is 7.75. The summed E-state index contributed by atoms with van der Waals surface area (Å²) in [6.45, 7) is 0.351. The van der Waals surface area contributed by atoms with E-state index in [4.69, 9.17) is 0 Å². The van der Waals surface area contributed by atoms with Crippen LogP contribution in [0.15, 0.2) is 30.3 Å². The third kappa shape index (κ3) is 3.35. The van der Waals surface area contributed by atoms with Crippen LogP contribution in [-0.2, 0) is 11.2 Å². The van der Waals surface area contributed by atoms with E-state index in [1.807, 2.05) is 30.3 Å². The van der Waals surface area contributed by atoms with Gasteiger partial charge in [0, 0.05) is 18.9 Å². The maximum absolute atomic E-state index is 11.3. The van der Waals surface area contributed by atoms with Gasteiger partial charge >= 0.3 is 0 Å². The van der Waals surface area contributed by atoms with Crippen molar-refractivity contribution in [2.24, 2.45) is 5.92 Å². The summed E-state index contributed by atoms with van der Waals surface area (Å²) < 4.78 is 0. The third-order valence-corrected chi connectivity index (χ3v) is 2.77. The number of carbonyl (C=O) groups is 1. The van der Waals surface area contributed by atoms with Crippen LogP contribution in [-0.4, -0.2) is 23.7 Å². The van der Waals surface area contributed by atoms with E-state index in [9.17, 15) is 9.90 Å². The largest absolute Gasteiger partial charge is 0.391 e. The number of aliphatic hydroxyl groups excluding tert-OH is 1. The van der Waals surface area contributed by atoms with Crippen LogP contribution in [0.5, 0.6) is 0 Å². The predicted octanol–water partition coefficient (Wildman–Crippen LogP) is 1.12. The Morgan fingerprint density at radius 3 is 2.69 bits per heavy atom. The van der Waals surface area contributed by atoms with E-state index in [1.54, 1.807) is 0 Å². The van der Waals surface area contributed by atoms with Gasteiger partial charge in [-0.3, -0.25) is 4.79 Å². The van der Waals surface area contributed by atoms with Crippen LogP contribution in [0.2, 0.25) is 0 Å². The standard InChI is InChI=1S/C13H17NO2/c15-12(8-10-4-2-1-3-5-10)9-14-13(16)11-6-7-11/h1-5,11-12,15H,6-9H2,(H,14,16). The second-order valence-electron chi connectivity index (χ2n) is 4.36. The first kappa shape index (κ1) is 11.1. The molecule has 1 aromatic rings. The molecule has 1 fully saturated rings. The Balaban J connectivity index is 1.71. The first-order valence-corrected chi connectivity index (χ1v) is 5.75. The highest BCUT2D eigenvalue weighted by atomic mass is 16.3. The van der Waals surface area contributed by atoms with Crippen molar-refractivity contribution in [1.82, 2.24) is 5.32 Å². The molecule has 0 saturated heterocycles. The minimum atomic E-state index is -0.495. The number of amides is 1. The number of hydrogen-bond acceptors (Lipinski definition) is 2. The molecule has 1 atom stereocenters. The van der Waals surface area contributed by atoms with Crippen LogP contribution < -0.4 is 5.32 Å². The number of hydrogen-bond donors (Lipinski definition) is 2. The molecular weight excluding hydrogens is 202 g/mol. The second-order valence-corrected chi connectivity index (χ2v) is 4.36. The highest BCUT2D eigenvalue weighted by Gasteiger charge is 2.29. The number of rotatable bonds is 5. The molecule has 2 rings (SSSR count). The molecule has 1 amide bonds. The van der Waals surface area contributed by atoms with Crippen LogP contribution in [0.3, 0.4) is 0 Å². The van der Waals surface area contributed by atoms with Gasteiger partial charge in [-0.05, 0) is 18.4 Å². The lowest BCUT2D eigenvalue weighted by Crippen LogP contribution is -2.34. The number of aliphatic hydroxyl groups is 1. The van der Waals surface area contributed by atoms with Gasteiger partial charge in [0.05, 0.1) is 6.10 Å². The van der Waals surface area contributed by atoms with Crippen LogP contribution in [0.1, 0.15) is 18.4 Å². The van der Waals surface area contributed by atoms with Gasteiger partial charge in [-0.15, -0.1) is 0 Å². The number of benzene rings is 1. The molecule has 0 heterocycles. The Bertz CT molecular complexity index is 346. The fourth-order valence-electron chi connectivity index (χ4n) is 1.67. The van der Waals surface area contributed by atoms with Gasteiger partial charge in [-0.2, -0.15) is 0 Å². The van der Waals surface area contributed by atoms with E-state index in [0.29, 0.717) is 13.0 Å². The van der Waals surface area contributed by atoms with Gasteiger partial charge < -0.3 is 10.4 Å². The monoisotopic (exact) mass is 219 g/mol. The maximum atomic E-state index is 11.3. The van der Waals surface area contributed by atoms with E-state index in [2.05, 4.69) is 5.32 Å². The highest BCUT2D eigenvalue weighted by Crippen LogP contribution is 2.28. The smallest absolute Gasteiger partial charge is 0.223 e. The highest BCUT2D eigenvalue weighted by molar-refractivity contribution is 5.80. The van der Waals surface area contributed by atoms with Crippen LogP contribution in [0, 0.1) is 5.92 Å². The van der Waals surface area contributed by atoms with Gasteiger partial charge in [-0.1, -0.05) is 30.3 Å². The Labute approximate surface area is 95.5 Å². The fraction of sp³-hybridized carbons (Fsp3) is 0.462. The molecule has 1 unspecified atom stereocenters. The third-order valence-electron chi connectivity index (χ3n) is 2.77. The average molecular weight is 219 g/mol. The molecule has 16 heavy (non-hydrogen) atoms. The van der Waals surface area contributed by atoms with Crippen molar-refractivity contribution >= 4 is 5.91 Å². The lowest BCUT2D eigenvalue weighted by atomic mass is 10.1. The molecule has 3 nitrogen and oxygen atoms in total. The Kier molecular flexibility index (Phi) is 3.57. The molecule has 1 aliphatic rings. The topological polar surface area (TPSA) is 49.3 Å². The summed E-state index contributed by atoms with van der Waals surface area (Å²) >= 11 is 0. The molecular formula is C13H17NO2. The summed E-state index contributed by atoms with van der Waals surface area (Å²) in [5.74, 6) is 0.302.